The van der Waals surface area contributed by atoms with Crippen LogP contribution in [0.3, 0.4) is 0 Å². The van der Waals surface area contributed by atoms with Crippen molar-refractivity contribution in [3.63, 3.8) is 0 Å². The zero-order valence-corrected chi connectivity index (χ0v) is 14.4. The molecule has 2 unspecified atom stereocenters. The molecule has 4 heteroatoms. The number of amides is 2. The quantitative estimate of drug-likeness (QED) is 0.861. The van der Waals surface area contributed by atoms with Gasteiger partial charge in [-0.25, -0.2) is 0 Å². The molecule has 0 spiro atoms. The molecule has 0 radical (unpaired) electrons. The molecule has 1 aliphatic heterocycles. The zero-order chi connectivity index (χ0) is 17.4. The molecule has 128 valence electrons. The highest BCUT2D eigenvalue weighted by Gasteiger charge is 2.51. The summed E-state index contributed by atoms with van der Waals surface area (Å²) in [7, 11) is 0. The van der Waals surface area contributed by atoms with Gasteiger partial charge in [-0.15, -0.1) is 0 Å². The molecule has 0 N–H and O–H groups in total. The molecule has 0 saturated heterocycles. The number of carbonyl (C=O) groups excluding carboxylic acids is 2. The van der Waals surface area contributed by atoms with Crippen molar-refractivity contribution in [2.45, 2.75) is 19.8 Å². The molecule has 2 aliphatic rings. The van der Waals surface area contributed by atoms with Gasteiger partial charge in [0.2, 0.25) is 11.8 Å². The number of hydrogen-bond acceptors (Lipinski definition) is 2. The van der Waals surface area contributed by atoms with Gasteiger partial charge in [0.1, 0.15) is 0 Å². The number of anilines is 2. The fourth-order valence-corrected chi connectivity index (χ4v) is 3.78. The largest absolute Gasteiger partial charge is 0.312 e. The summed E-state index contributed by atoms with van der Waals surface area (Å²) in [5.41, 5.74) is 3.14. The molecule has 2 aromatic rings. The molecule has 25 heavy (non-hydrogen) atoms. The number of rotatable bonds is 4. The van der Waals surface area contributed by atoms with Crippen LogP contribution in [0.5, 0.6) is 0 Å². The Kier molecular flexibility index (Phi) is 4.04. The van der Waals surface area contributed by atoms with E-state index in [1.165, 1.54) is 5.56 Å². The first-order chi connectivity index (χ1) is 12.2. The molecule has 0 bridgehead atoms. The zero-order valence-electron chi connectivity index (χ0n) is 14.4. The lowest BCUT2D eigenvalue weighted by atomic mass is 10.2. The minimum atomic E-state index is -0.180. The highest BCUT2D eigenvalue weighted by atomic mass is 16.2. The van der Waals surface area contributed by atoms with E-state index in [0.29, 0.717) is 13.0 Å². The Morgan fingerprint density at radius 2 is 1.76 bits per heavy atom. The monoisotopic (exact) mass is 334 g/mol. The first kappa shape index (κ1) is 15.9. The van der Waals surface area contributed by atoms with Gasteiger partial charge in [0.15, 0.2) is 0 Å². The maximum Gasteiger partial charge on any atom is 0.230 e. The van der Waals surface area contributed by atoms with E-state index < -0.39 is 0 Å². The summed E-state index contributed by atoms with van der Waals surface area (Å²) in [6, 6.07) is 17.7. The Morgan fingerprint density at radius 1 is 1.04 bits per heavy atom. The Hall–Kier alpha value is -2.62. The summed E-state index contributed by atoms with van der Waals surface area (Å²) < 4.78 is 0. The van der Waals surface area contributed by atoms with Crippen molar-refractivity contribution in [2.24, 2.45) is 11.8 Å². The van der Waals surface area contributed by atoms with Crippen molar-refractivity contribution in [2.75, 3.05) is 22.9 Å². The number of nitrogens with zero attached hydrogens (tertiary/aromatic N) is 2. The van der Waals surface area contributed by atoms with Gasteiger partial charge in [-0.3, -0.25) is 9.59 Å². The van der Waals surface area contributed by atoms with Crippen molar-refractivity contribution in [1.82, 2.24) is 0 Å². The van der Waals surface area contributed by atoms with Crippen LogP contribution in [0.2, 0.25) is 0 Å². The summed E-state index contributed by atoms with van der Waals surface area (Å²) in [6.45, 7) is 3.32. The lowest BCUT2D eigenvalue weighted by Crippen LogP contribution is -2.35. The standard InChI is InChI=1S/C21H22N2O2/c1-2-22(16-9-4-3-5-10-16)20(24)17-14-18(17)21(25)23-13-12-15-8-6-7-11-19(15)23/h3-11,17-18H,2,12-14H2,1H3. The fraction of sp³-hybridized carbons (Fsp3) is 0.333. The molecule has 1 fully saturated rings. The van der Waals surface area contributed by atoms with E-state index in [0.717, 1.165) is 24.3 Å². The topological polar surface area (TPSA) is 40.6 Å². The Bertz CT molecular complexity index is 785. The Balaban J connectivity index is 1.47. The van der Waals surface area contributed by atoms with Crippen LogP contribution in [0, 0.1) is 11.8 Å². The molecule has 4 nitrogen and oxygen atoms in total. The van der Waals surface area contributed by atoms with Crippen molar-refractivity contribution < 1.29 is 9.59 Å². The summed E-state index contributed by atoms with van der Waals surface area (Å²) in [5.74, 6) is -0.177. The Labute approximate surface area is 148 Å². The summed E-state index contributed by atoms with van der Waals surface area (Å²) in [4.78, 5) is 29.4. The highest BCUT2D eigenvalue weighted by Crippen LogP contribution is 2.44. The van der Waals surface area contributed by atoms with Gasteiger partial charge in [0.25, 0.3) is 0 Å². The molecular weight excluding hydrogens is 312 g/mol. The first-order valence-electron chi connectivity index (χ1n) is 8.96. The van der Waals surface area contributed by atoms with Crippen molar-refractivity contribution >= 4 is 23.2 Å². The van der Waals surface area contributed by atoms with E-state index in [2.05, 4.69) is 6.07 Å². The molecule has 2 aromatic carbocycles. The SMILES string of the molecule is CCN(C(=O)C1CC1C(=O)N1CCc2ccccc21)c1ccccc1. The van der Waals surface area contributed by atoms with E-state index >= 15 is 0 Å². The van der Waals surface area contributed by atoms with Gasteiger partial charge < -0.3 is 9.80 Å². The number of fused-ring (bicyclic) bond motifs is 1. The van der Waals surface area contributed by atoms with E-state index in [4.69, 9.17) is 0 Å². The predicted octanol–water partition coefficient (Wildman–Crippen LogP) is 3.26. The number of para-hydroxylation sites is 2. The third-order valence-corrected chi connectivity index (χ3v) is 5.23. The Morgan fingerprint density at radius 3 is 2.52 bits per heavy atom. The molecule has 0 aromatic heterocycles. The third-order valence-electron chi connectivity index (χ3n) is 5.23. The van der Waals surface area contributed by atoms with Crippen LogP contribution in [0.1, 0.15) is 18.9 Å². The van der Waals surface area contributed by atoms with Gasteiger partial charge >= 0.3 is 0 Å². The second-order valence-electron chi connectivity index (χ2n) is 6.74. The van der Waals surface area contributed by atoms with Gasteiger partial charge in [-0.1, -0.05) is 36.4 Å². The number of carbonyl (C=O) groups is 2. The van der Waals surface area contributed by atoms with Gasteiger partial charge in [0, 0.05) is 24.5 Å². The number of hydrogen-bond donors (Lipinski definition) is 0. The van der Waals surface area contributed by atoms with Crippen molar-refractivity contribution in [3.8, 4) is 0 Å². The van der Waals surface area contributed by atoms with Gasteiger partial charge in [-0.2, -0.15) is 0 Å². The maximum atomic E-state index is 12.9. The molecule has 1 saturated carbocycles. The third kappa shape index (κ3) is 2.82. The van der Waals surface area contributed by atoms with E-state index in [1.807, 2.05) is 60.4 Å². The molecule has 2 atom stereocenters. The van der Waals surface area contributed by atoms with E-state index in [9.17, 15) is 9.59 Å². The summed E-state index contributed by atoms with van der Waals surface area (Å²) >= 11 is 0. The van der Waals surface area contributed by atoms with Crippen molar-refractivity contribution in [3.05, 3.63) is 60.2 Å². The van der Waals surface area contributed by atoms with E-state index in [-0.39, 0.29) is 23.7 Å². The minimum Gasteiger partial charge on any atom is -0.312 e. The maximum absolute atomic E-state index is 12.9. The van der Waals surface area contributed by atoms with Crippen LogP contribution < -0.4 is 9.80 Å². The number of benzene rings is 2. The molecule has 1 aliphatic carbocycles. The van der Waals surface area contributed by atoms with Crippen LogP contribution in [0.15, 0.2) is 54.6 Å². The van der Waals surface area contributed by atoms with Crippen LogP contribution >= 0.6 is 0 Å². The lowest BCUT2D eigenvalue weighted by molar-refractivity contribution is -0.124. The first-order valence-corrected chi connectivity index (χ1v) is 8.96. The average Bonchev–Trinajstić information content (AvgIpc) is 3.34. The molecule has 1 heterocycles. The van der Waals surface area contributed by atoms with Crippen LogP contribution in [0.4, 0.5) is 11.4 Å². The lowest BCUT2D eigenvalue weighted by Gasteiger charge is -2.22. The molecular formula is C21H22N2O2. The average molecular weight is 334 g/mol. The molecule has 4 rings (SSSR count). The van der Waals surface area contributed by atoms with Crippen LogP contribution in [0.25, 0.3) is 0 Å². The normalized spacial score (nSPS) is 20.9. The second kappa shape index (κ2) is 6.36. The highest BCUT2D eigenvalue weighted by molar-refractivity contribution is 6.05. The summed E-state index contributed by atoms with van der Waals surface area (Å²) in [5, 5.41) is 0. The van der Waals surface area contributed by atoms with Gasteiger partial charge in [-0.05, 0) is 43.5 Å². The second-order valence-corrected chi connectivity index (χ2v) is 6.74. The smallest absolute Gasteiger partial charge is 0.230 e. The molecule has 2 amide bonds. The van der Waals surface area contributed by atoms with Gasteiger partial charge in [0.05, 0.1) is 11.8 Å². The fourth-order valence-electron chi connectivity index (χ4n) is 3.78. The minimum absolute atomic E-state index is 0.0690. The predicted molar refractivity (Wildman–Crippen MR) is 98.6 cm³/mol. The summed E-state index contributed by atoms with van der Waals surface area (Å²) in [6.07, 6.45) is 1.57. The van der Waals surface area contributed by atoms with E-state index in [1.54, 1.807) is 4.90 Å². The van der Waals surface area contributed by atoms with Crippen molar-refractivity contribution in [1.29, 1.82) is 0 Å². The van der Waals surface area contributed by atoms with Crippen LogP contribution in [-0.4, -0.2) is 24.9 Å². The van der Waals surface area contributed by atoms with Crippen LogP contribution in [-0.2, 0) is 16.0 Å².